The van der Waals surface area contributed by atoms with Gasteiger partial charge in [-0.15, -0.1) is 13.2 Å². The zero-order valence-corrected chi connectivity index (χ0v) is 10.5. The van der Waals surface area contributed by atoms with Crippen molar-refractivity contribution >= 4 is 6.21 Å². The van der Waals surface area contributed by atoms with Gasteiger partial charge in [0.15, 0.2) is 0 Å². The van der Waals surface area contributed by atoms with E-state index in [0.717, 1.165) is 11.8 Å². The van der Waals surface area contributed by atoms with Crippen molar-refractivity contribution in [3.8, 4) is 5.75 Å². The number of aryl methyl sites for hydroxylation is 1. The summed E-state index contributed by atoms with van der Waals surface area (Å²) in [6.07, 6.45) is 2.56. The molecule has 1 rings (SSSR count). The maximum absolute atomic E-state index is 8.81. The molecule has 0 radical (unpaired) electrons. The number of phenolic OH excluding ortho intramolecular Hbond substituents is 1. The van der Waals surface area contributed by atoms with E-state index in [0.29, 0.717) is 5.75 Å². The average Bonchev–Trinajstić information content (AvgIpc) is 2.34. The van der Waals surface area contributed by atoms with E-state index in [4.69, 9.17) is 10.5 Å². The van der Waals surface area contributed by atoms with Crippen LogP contribution in [0.1, 0.15) is 19.4 Å². The molecule has 0 aliphatic heterocycles. The van der Waals surface area contributed by atoms with Gasteiger partial charge < -0.3 is 10.5 Å². The van der Waals surface area contributed by atoms with E-state index in [2.05, 4.69) is 19.7 Å². The average molecular weight is 221 g/mol. The highest BCUT2D eigenvalue weighted by atomic mass is 16.3. The zero-order chi connectivity index (χ0) is 13.4. The Morgan fingerprint density at radius 1 is 1.25 bits per heavy atom. The molecule has 0 heterocycles. The molecule has 0 amide bonds. The first-order valence-electron chi connectivity index (χ1n) is 5.08. The molecular formula is C14H23NO. The minimum Gasteiger partial charge on any atom is -0.508 e. The van der Waals surface area contributed by atoms with Crippen LogP contribution in [0.25, 0.3) is 0 Å². The van der Waals surface area contributed by atoms with E-state index in [1.807, 2.05) is 32.9 Å². The molecule has 1 aromatic carbocycles. The minimum absolute atomic E-state index is 0.338. The van der Waals surface area contributed by atoms with Crippen LogP contribution in [0.3, 0.4) is 0 Å². The van der Waals surface area contributed by atoms with E-state index in [-0.39, 0.29) is 0 Å². The van der Waals surface area contributed by atoms with Gasteiger partial charge in [-0.2, -0.15) is 0 Å². The summed E-state index contributed by atoms with van der Waals surface area (Å²) in [5.41, 5.74) is 1.09. The van der Waals surface area contributed by atoms with Gasteiger partial charge in [0.2, 0.25) is 0 Å². The summed E-state index contributed by atoms with van der Waals surface area (Å²) in [6.45, 7) is 15.2. The first-order valence-corrected chi connectivity index (χ1v) is 5.08. The van der Waals surface area contributed by atoms with E-state index in [1.54, 1.807) is 12.1 Å². The standard InChI is InChI=1S/C7H8O.C3H5N.C2H6.C2H4/c1-6-3-2-4-7(8)5-6;1-2-3-4;2*1-2/h2-5,8H,1H3;2-4H,1H2;1-2H3;1-2H2. The Balaban J connectivity index is -0.000000181. The Hall–Kier alpha value is -1.83. The SMILES string of the molecule is C=C.C=CC=N.CC.Cc1cccc(O)c1. The summed E-state index contributed by atoms with van der Waals surface area (Å²) in [4.78, 5) is 0. The van der Waals surface area contributed by atoms with Crippen LogP contribution in [-0.2, 0) is 0 Å². The molecule has 0 atom stereocenters. The maximum atomic E-state index is 8.81. The highest BCUT2D eigenvalue weighted by molar-refractivity contribution is 5.66. The van der Waals surface area contributed by atoms with Crippen LogP contribution in [0, 0.1) is 12.3 Å². The van der Waals surface area contributed by atoms with Crippen molar-refractivity contribution in [1.82, 2.24) is 0 Å². The van der Waals surface area contributed by atoms with E-state index < -0.39 is 0 Å². The lowest BCUT2D eigenvalue weighted by Crippen LogP contribution is -1.66. The summed E-state index contributed by atoms with van der Waals surface area (Å²) < 4.78 is 0. The van der Waals surface area contributed by atoms with E-state index in [1.165, 1.54) is 6.08 Å². The second kappa shape index (κ2) is 18.9. The molecule has 0 saturated carbocycles. The second-order valence-electron chi connectivity index (χ2n) is 2.24. The monoisotopic (exact) mass is 221 g/mol. The van der Waals surface area contributed by atoms with Crippen LogP contribution in [0.15, 0.2) is 50.1 Å². The predicted molar refractivity (Wildman–Crippen MR) is 74.4 cm³/mol. The van der Waals surface area contributed by atoms with Crippen molar-refractivity contribution in [3.63, 3.8) is 0 Å². The molecule has 0 aliphatic carbocycles. The van der Waals surface area contributed by atoms with E-state index in [9.17, 15) is 0 Å². The second-order valence-corrected chi connectivity index (χ2v) is 2.24. The highest BCUT2D eigenvalue weighted by Crippen LogP contribution is 2.08. The molecule has 0 aliphatic rings. The van der Waals surface area contributed by atoms with Crippen LogP contribution in [0.2, 0.25) is 0 Å². The lowest BCUT2D eigenvalue weighted by atomic mass is 10.2. The van der Waals surface area contributed by atoms with Gasteiger partial charge in [0.1, 0.15) is 5.75 Å². The molecule has 1 aromatic rings. The Kier molecular flexibility index (Phi) is 23.2. The first-order chi connectivity index (χ1) is 7.70. The number of benzene rings is 1. The normalized spacial score (nSPS) is 6.44. The first kappa shape index (κ1) is 19.7. The van der Waals surface area contributed by atoms with Crippen LogP contribution < -0.4 is 0 Å². The van der Waals surface area contributed by atoms with Crippen LogP contribution in [0.4, 0.5) is 0 Å². The Labute approximate surface area is 99.5 Å². The van der Waals surface area contributed by atoms with Gasteiger partial charge in [-0.1, -0.05) is 38.6 Å². The molecule has 2 nitrogen and oxygen atoms in total. The van der Waals surface area contributed by atoms with Crippen molar-refractivity contribution in [1.29, 1.82) is 5.41 Å². The number of allylic oxidation sites excluding steroid dienone is 1. The molecule has 0 saturated heterocycles. The van der Waals surface area contributed by atoms with Crippen molar-refractivity contribution in [2.45, 2.75) is 20.8 Å². The Bertz CT molecular complexity index is 246. The van der Waals surface area contributed by atoms with Crippen LogP contribution >= 0.6 is 0 Å². The molecule has 0 aromatic heterocycles. The predicted octanol–water partition coefficient (Wildman–Crippen LogP) is 4.35. The fraction of sp³-hybridized carbons (Fsp3) is 0.214. The van der Waals surface area contributed by atoms with Crippen LogP contribution in [0.5, 0.6) is 5.75 Å². The van der Waals surface area contributed by atoms with Gasteiger partial charge >= 0.3 is 0 Å². The lowest BCUT2D eigenvalue weighted by Gasteiger charge is -1.89. The molecular weight excluding hydrogens is 198 g/mol. The molecule has 2 N–H and O–H groups in total. The number of phenols is 1. The molecule has 0 spiro atoms. The quantitative estimate of drug-likeness (QED) is 0.537. The Morgan fingerprint density at radius 2 is 1.69 bits per heavy atom. The molecule has 0 fully saturated rings. The summed E-state index contributed by atoms with van der Waals surface area (Å²) in [5, 5.41) is 15.0. The molecule has 90 valence electrons. The fourth-order valence-corrected chi connectivity index (χ4v) is 0.628. The Morgan fingerprint density at radius 3 is 1.88 bits per heavy atom. The van der Waals surface area contributed by atoms with Gasteiger partial charge in [0.25, 0.3) is 0 Å². The number of hydrogen-bond donors (Lipinski definition) is 2. The summed E-state index contributed by atoms with van der Waals surface area (Å²) in [5.74, 6) is 0.338. The zero-order valence-electron chi connectivity index (χ0n) is 10.5. The lowest BCUT2D eigenvalue weighted by molar-refractivity contribution is 0.475. The van der Waals surface area contributed by atoms with E-state index >= 15 is 0 Å². The van der Waals surface area contributed by atoms with Crippen LogP contribution in [-0.4, -0.2) is 11.3 Å². The van der Waals surface area contributed by atoms with Gasteiger partial charge in [0.05, 0.1) is 0 Å². The fourth-order valence-electron chi connectivity index (χ4n) is 0.628. The smallest absolute Gasteiger partial charge is 0.115 e. The van der Waals surface area contributed by atoms with Crippen molar-refractivity contribution in [2.75, 3.05) is 0 Å². The third-order valence-corrected chi connectivity index (χ3v) is 1.12. The number of aromatic hydroxyl groups is 1. The van der Waals surface area contributed by atoms with Crippen molar-refractivity contribution < 1.29 is 5.11 Å². The third kappa shape index (κ3) is 18.1. The third-order valence-electron chi connectivity index (χ3n) is 1.12. The van der Waals surface area contributed by atoms with Gasteiger partial charge in [-0.25, -0.2) is 0 Å². The number of nitrogens with one attached hydrogen (secondary N) is 1. The van der Waals surface area contributed by atoms with Crippen molar-refractivity contribution in [2.24, 2.45) is 0 Å². The maximum Gasteiger partial charge on any atom is 0.115 e. The highest BCUT2D eigenvalue weighted by Gasteiger charge is 1.83. The minimum atomic E-state index is 0.338. The molecule has 2 heteroatoms. The van der Waals surface area contributed by atoms with Gasteiger partial charge in [0, 0.05) is 6.21 Å². The summed E-state index contributed by atoms with van der Waals surface area (Å²) >= 11 is 0. The number of rotatable bonds is 1. The topological polar surface area (TPSA) is 44.1 Å². The molecule has 0 bridgehead atoms. The summed E-state index contributed by atoms with van der Waals surface area (Å²) in [6, 6.07) is 7.15. The largest absolute Gasteiger partial charge is 0.508 e. The molecule has 16 heavy (non-hydrogen) atoms. The number of hydrogen-bond acceptors (Lipinski definition) is 2. The van der Waals surface area contributed by atoms with Crippen molar-refractivity contribution in [3.05, 3.63) is 55.6 Å². The van der Waals surface area contributed by atoms with Gasteiger partial charge in [-0.3, -0.25) is 0 Å². The van der Waals surface area contributed by atoms with Gasteiger partial charge in [-0.05, 0) is 24.6 Å². The molecule has 0 unspecified atom stereocenters. The summed E-state index contributed by atoms with van der Waals surface area (Å²) in [7, 11) is 0.